The van der Waals surface area contributed by atoms with Gasteiger partial charge in [0.05, 0.1) is 7.11 Å². The Hall–Kier alpha value is -0.980. The molecule has 0 heterocycles. The molecule has 158 valence electrons. The first-order valence-corrected chi connectivity index (χ1v) is 12.4. The van der Waals surface area contributed by atoms with Crippen molar-refractivity contribution in [1.82, 2.24) is 0 Å². The van der Waals surface area contributed by atoms with Crippen molar-refractivity contribution in [2.75, 3.05) is 7.11 Å². The van der Waals surface area contributed by atoms with E-state index < -0.39 is 0 Å². The van der Waals surface area contributed by atoms with Gasteiger partial charge in [0.1, 0.15) is 5.75 Å². The van der Waals surface area contributed by atoms with Crippen molar-refractivity contribution in [3.8, 4) is 5.75 Å². The minimum Gasteiger partial charge on any atom is -0.496 e. The fourth-order valence-corrected chi connectivity index (χ4v) is 6.06. The van der Waals surface area contributed by atoms with E-state index in [9.17, 15) is 0 Å². The molecule has 0 aliphatic heterocycles. The minimum absolute atomic E-state index is 0.778. The van der Waals surface area contributed by atoms with Crippen LogP contribution in [0.1, 0.15) is 114 Å². The first kappa shape index (κ1) is 21.7. The van der Waals surface area contributed by atoms with Crippen molar-refractivity contribution in [3.05, 3.63) is 29.3 Å². The minimum atomic E-state index is 0.778. The van der Waals surface area contributed by atoms with Crippen molar-refractivity contribution in [1.29, 1.82) is 0 Å². The molecule has 0 saturated heterocycles. The van der Waals surface area contributed by atoms with E-state index in [0.29, 0.717) is 0 Å². The molecule has 1 aromatic carbocycles. The van der Waals surface area contributed by atoms with Crippen molar-refractivity contribution < 1.29 is 4.74 Å². The third kappa shape index (κ3) is 6.01. The van der Waals surface area contributed by atoms with Crippen molar-refractivity contribution in [2.45, 2.75) is 110 Å². The van der Waals surface area contributed by atoms with Gasteiger partial charge in [0.15, 0.2) is 0 Å². The van der Waals surface area contributed by atoms with Crippen molar-refractivity contribution in [2.24, 2.45) is 17.8 Å². The third-order valence-corrected chi connectivity index (χ3v) is 7.94. The lowest BCUT2D eigenvalue weighted by molar-refractivity contribution is 0.155. The molecule has 1 heteroatoms. The summed E-state index contributed by atoms with van der Waals surface area (Å²) < 4.78 is 5.43. The molecule has 0 radical (unpaired) electrons. The molecule has 0 spiro atoms. The van der Waals surface area contributed by atoms with Gasteiger partial charge in [-0.05, 0) is 86.3 Å². The van der Waals surface area contributed by atoms with Crippen LogP contribution in [0.3, 0.4) is 0 Å². The number of hydrogen-bond donors (Lipinski definition) is 0. The van der Waals surface area contributed by atoms with Crippen LogP contribution in [-0.2, 0) is 0 Å². The van der Waals surface area contributed by atoms with Gasteiger partial charge in [0.2, 0.25) is 0 Å². The average molecular weight is 385 g/mol. The standard InChI is InChI=1S/C27H44O/c1-4-5-6-7-8-9-22-10-12-23(13-11-22)24-14-16-25(17-15-24)26-18-19-27(28-3)21(2)20-26/h18-20,22-25H,4-17H2,1-3H3. The van der Waals surface area contributed by atoms with Gasteiger partial charge >= 0.3 is 0 Å². The zero-order valence-electron chi connectivity index (χ0n) is 18.8. The Morgan fingerprint density at radius 1 is 0.821 bits per heavy atom. The van der Waals surface area contributed by atoms with Crippen molar-refractivity contribution >= 4 is 0 Å². The quantitative estimate of drug-likeness (QED) is 0.388. The van der Waals surface area contributed by atoms with Crippen LogP contribution in [0, 0.1) is 24.7 Å². The number of hydrogen-bond acceptors (Lipinski definition) is 1. The summed E-state index contributed by atoms with van der Waals surface area (Å²) in [5, 5.41) is 0. The third-order valence-electron chi connectivity index (χ3n) is 7.94. The van der Waals surface area contributed by atoms with E-state index in [4.69, 9.17) is 4.74 Å². The van der Waals surface area contributed by atoms with Gasteiger partial charge in [0, 0.05) is 0 Å². The predicted octanol–water partition coefficient (Wildman–Crippen LogP) is 8.44. The summed E-state index contributed by atoms with van der Waals surface area (Å²) in [5.74, 6) is 4.91. The Kier molecular flexibility index (Phi) is 8.74. The maximum atomic E-state index is 5.43. The van der Waals surface area contributed by atoms with Gasteiger partial charge in [-0.15, -0.1) is 0 Å². The second-order valence-electron chi connectivity index (χ2n) is 9.82. The largest absolute Gasteiger partial charge is 0.496 e. The summed E-state index contributed by atoms with van der Waals surface area (Å²) in [5.41, 5.74) is 2.83. The normalized spacial score (nSPS) is 28.2. The van der Waals surface area contributed by atoms with E-state index in [-0.39, 0.29) is 0 Å². The van der Waals surface area contributed by atoms with Gasteiger partial charge in [-0.2, -0.15) is 0 Å². The van der Waals surface area contributed by atoms with Crippen LogP contribution in [0.25, 0.3) is 0 Å². The molecule has 2 aliphatic rings. The van der Waals surface area contributed by atoms with E-state index >= 15 is 0 Å². The highest BCUT2D eigenvalue weighted by atomic mass is 16.5. The molecule has 1 aromatic rings. The lowest BCUT2D eigenvalue weighted by atomic mass is 9.68. The molecule has 2 fully saturated rings. The molecule has 2 aliphatic carbocycles. The zero-order valence-corrected chi connectivity index (χ0v) is 18.8. The fraction of sp³-hybridized carbons (Fsp3) is 0.778. The Morgan fingerprint density at radius 3 is 2.07 bits per heavy atom. The van der Waals surface area contributed by atoms with Crippen molar-refractivity contribution in [3.63, 3.8) is 0 Å². The molecule has 1 nitrogen and oxygen atoms in total. The number of aryl methyl sites for hydroxylation is 1. The number of methoxy groups -OCH3 is 1. The number of rotatable bonds is 9. The molecule has 0 aromatic heterocycles. The van der Waals surface area contributed by atoms with E-state index in [0.717, 1.165) is 29.4 Å². The lowest BCUT2D eigenvalue weighted by Gasteiger charge is -2.38. The van der Waals surface area contributed by atoms with Crippen LogP contribution in [0.2, 0.25) is 0 Å². The SMILES string of the molecule is CCCCCCCC1CCC(C2CCC(c3ccc(OC)c(C)c3)CC2)CC1. The van der Waals surface area contributed by atoms with Crippen LogP contribution in [-0.4, -0.2) is 7.11 Å². The molecule has 2 saturated carbocycles. The number of benzene rings is 1. The molecule has 0 unspecified atom stereocenters. The van der Waals surface area contributed by atoms with E-state index in [1.807, 2.05) is 0 Å². The maximum absolute atomic E-state index is 5.43. The first-order chi connectivity index (χ1) is 13.7. The molecule has 0 N–H and O–H groups in total. The second kappa shape index (κ2) is 11.3. The fourth-order valence-electron chi connectivity index (χ4n) is 6.06. The maximum Gasteiger partial charge on any atom is 0.121 e. The smallest absolute Gasteiger partial charge is 0.121 e. The van der Waals surface area contributed by atoms with Crippen LogP contribution in [0.5, 0.6) is 5.75 Å². The first-order valence-electron chi connectivity index (χ1n) is 12.4. The summed E-state index contributed by atoms with van der Waals surface area (Å²) in [7, 11) is 1.77. The molecule has 28 heavy (non-hydrogen) atoms. The molecule has 3 rings (SSSR count). The summed E-state index contributed by atoms with van der Waals surface area (Å²) in [6, 6.07) is 6.85. The number of unbranched alkanes of at least 4 members (excludes halogenated alkanes) is 4. The molecule has 0 amide bonds. The van der Waals surface area contributed by atoms with Gasteiger partial charge in [-0.25, -0.2) is 0 Å². The van der Waals surface area contributed by atoms with E-state index in [1.165, 1.54) is 95.5 Å². The lowest BCUT2D eigenvalue weighted by Crippen LogP contribution is -2.25. The van der Waals surface area contributed by atoms with E-state index in [2.05, 4.69) is 32.0 Å². The molecule has 0 atom stereocenters. The topological polar surface area (TPSA) is 9.23 Å². The number of ether oxygens (including phenoxy) is 1. The molecular weight excluding hydrogens is 340 g/mol. The van der Waals surface area contributed by atoms with Gasteiger partial charge in [-0.1, -0.05) is 70.4 Å². The molecule has 0 bridgehead atoms. The highest BCUT2D eigenvalue weighted by Gasteiger charge is 2.31. The van der Waals surface area contributed by atoms with Crippen LogP contribution >= 0.6 is 0 Å². The predicted molar refractivity (Wildman–Crippen MR) is 121 cm³/mol. The highest BCUT2D eigenvalue weighted by Crippen LogP contribution is 2.44. The van der Waals surface area contributed by atoms with E-state index in [1.54, 1.807) is 12.7 Å². The Bertz CT molecular complexity index is 562. The Balaban J connectivity index is 1.37. The van der Waals surface area contributed by atoms with Gasteiger partial charge < -0.3 is 4.74 Å². The Labute approximate surface area is 174 Å². The van der Waals surface area contributed by atoms with Crippen LogP contribution < -0.4 is 4.74 Å². The Morgan fingerprint density at radius 2 is 1.46 bits per heavy atom. The monoisotopic (exact) mass is 384 g/mol. The summed E-state index contributed by atoms with van der Waals surface area (Å²) in [4.78, 5) is 0. The van der Waals surface area contributed by atoms with Gasteiger partial charge in [-0.3, -0.25) is 0 Å². The van der Waals surface area contributed by atoms with Gasteiger partial charge in [0.25, 0.3) is 0 Å². The second-order valence-corrected chi connectivity index (χ2v) is 9.82. The molecular formula is C27H44O. The van der Waals surface area contributed by atoms with Crippen LogP contribution in [0.15, 0.2) is 18.2 Å². The summed E-state index contributed by atoms with van der Waals surface area (Å²) in [6.45, 7) is 4.49. The van der Waals surface area contributed by atoms with Crippen LogP contribution in [0.4, 0.5) is 0 Å². The highest BCUT2D eigenvalue weighted by molar-refractivity contribution is 5.37. The summed E-state index contributed by atoms with van der Waals surface area (Å²) >= 11 is 0. The zero-order chi connectivity index (χ0) is 19.8. The average Bonchev–Trinajstić information content (AvgIpc) is 2.74. The summed E-state index contributed by atoms with van der Waals surface area (Å²) in [6.07, 6.45) is 20.6.